The first-order valence-corrected chi connectivity index (χ1v) is 11.2. The molecule has 1 amide bonds. The Bertz CT molecular complexity index is 801. The minimum Gasteiger partial charge on any atom is -0.351 e. The maximum absolute atomic E-state index is 12.1. The van der Waals surface area contributed by atoms with Crippen LogP contribution in [0.3, 0.4) is 0 Å². The fourth-order valence-electron chi connectivity index (χ4n) is 2.62. The number of nitrogens with one attached hydrogen (secondary N) is 1. The highest BCUT2D eigenvalue weighted by atomic mass is 32.2. The molecule has 0 saturated carbocycles. The SMILES string of the molecule is Cc1ccc(CNC(=O)CN(C2CCS(=O)(=O)C2)S(C)(=O)=O)cc1. The molecule has 7 nitrogen and oxygen atoms in total. The molecule has 1 aromatic rings. The minimum absolute atomic E-state index is 0.0470. The summed E-state index contributed by atoms with van der Waals surface area (Å²) in [5, 5.41) is 2.67. The number of benzene rings is 1. The van der Waals surface area contributed by atoms with Gasteiger partial charge < -0.3 is 5.32 Å². The van der Waals surface area contributed by atoms with Crippen molar-refractivity contribution in [2.75, 3.05) is 24.3 Å². The van der Waals surface area contributed by atoms with E-state index >= 15 is 0 Å². The quantitative estimate of drug-likeness (QED) is 0.759. The van der Waals surface area contributed by atoms with E-state index in [9.17, 15) is 21.6 Å². The van der Waals surface area contributed by atoms with Crippen molar-refractivity contribution in [1.82, 2.24) is 9.62 Å². The number of sulfone groups is 1. The van der Waals surface area contributed by atoms with E-state index in [0.29, 0.717) is 6.54 Å². The maximum Gasteiger partial charge on any atom is 0.235 e. The van der Waals surface area contributed by atoms with Crippen molar-refractivity contribution in [2.24, 2.45) is 0 Å². The average Bonchev–Trinajstić information content (AvgIpc) is 2.82. The Kier molecular flexibility index (Phi) is 5.67. The molecule has 1 aromatic carbocycles. The van der Waals surface area contributed by atoms with Gasteiger partial charge >= 0.3 is 0 Å². The second-order valence-corrected chi connectivity index (χ2v) is 10.3. The Balaban J connectivity index is 1.99. The Morgan fingerprint density at radius 3 is 2.42 bits per heavy atom. The molecule has 24 heavy (non-hydrogen) atoms. The molecule has 1 saturated heterocycles. The molecule has 1 aliphatic rings. The van der Waals surface area contributed by atoms with Crippen LogP contribution in [0.4, 0.5) is 0 Å². The second kappa shape index (κ2) is 7.20. The molecule has 1 fully saturated rings. The average molecular weight is 374 g/mol. The number of hydrogen-bond acceptors (Lipinski definition) is 5. The van der Waals surface area contributed by atoms with E-state index in [1.165, 1.54) is 0 Å². The molecular weight excluding hydrogens is 352 g/mol. The number of sulfonamides is 1. The first-order valence-electron chi connectivity index (χ1n) is 7.56. The van der Waals surface area contributed by atoms with E-state index < -0.39 is 31.8 Å². The monoisotopic (exact) mass is 374 g/mol. The lowest BCUT2D eigenvalue weighted by Gasteiger charge is -2.24. The van der Waals surface area contributed by atoms with Crippen LogP contribution < -0.4 is 5.32 Å². The lowest BCUT2D eigenvalue weighted by atomic mass is 10.1. The van der Waals surface area contributed by atoms with Crippen molar-refractivity contribution < 1.29 is 21.6 Å². The topological polar surface area (TPSA) is 101 Å². The third-order valence-corrected chi connectivity index (χ3v) is 6.98. The van der Waals surface area contributed by atoms with Crippen molar-refractivity contribution >= 4 is 25.8 Å². The summed E-state index contributed by atoms with van der Waals surface area (Å²) in [6.45, 7) is 1.88. The van der Waals surface area contributed by atoms with E-state index in [1.54, 1.807) is 0 Å². The Morgan fingerprint density at radius 1 is 1.29 bits per heavy atom. The number of nitrogens with zero attached hydrogens (tertiary/aromatic N) is 1. The van der Waals surface area contributed by atoms with Crippen molar-refractivity contribution in [3.8, 4) is 0 Å². The number of amides is 1. The molecule has 0 bridgehead atoms. The molecule has 0 aliphatic carbocycles. The summed E-state index contributed by atoms with van der Waals surface area (Å²) in [5.41, 5.74) is 2.01. The first-order chi connectivity index (χ1) is 11.1. The first kappa shape index (κ1) is 18.9. The summed E-state index contributed by atoms with van der Waals surface area (Å²) < 4.78 is 48.0. The van der Waals surface area contributed by atoms with Gasteiger partial charge in [-0.05, 0) is 18.9 Å². The molecular formula is C15H22N2O5S2. The molecule has 2 rings (SSSR count). The minimum atomic E-state index is -3.67. The van der Waals surface area contributed by atoms with Crippen LogP contribution in [0.25, 0.3) is 0 Å². The van der Waals surface area contributed by atoms with Crippen molar-refractivity contribution in [3.63, 3.8) is 0 Å². The Labute approximate surface area is 143 Å². The fraction of sp³-hybridized carbons (Fsp3) is 0.533. The van der Waals surface area contributed by atoms with Gasteiger partial charge in [-0.1, -0.05) is 29.8 Å². The molecule has 1 heterocycles. The number of aryl methyl sites for hydroxylation is 1. The highest BCUT2D eigenvalue weighted by molar-refractivity contribution is 7.92. The van der Waals surface area contributed by atoms with Gasteiger partial charge in [0.2, 0.25) is 15.9 Å². The molecule has 9 heteroatoms. The fourth-order valence-corrected chi connectivity index (χ4v) is 5.52. The van der Waals surface area contributed by atoms with Crippen LogP contribution in [-0.2, 0) is 31.2 Å². The number of rotatable bonds is 6. The molecule has 1 N–H and O–H groups in total. The molecule has 1 aliphatic heterocycles. The third-order valence-electron chi connectivity index (χ3n) is 3.95. The summed E-state index contributed by atoms with van der Waals surface area (Å²) in [6, 6.07) is 6.94. The van der Waals surface area contributed by atoms with Gasteiger partial charge in [0.05, 0.1) is 24.3 Å². The van der Waals surface area contributed by atoms with Gasteiger partial charge in [0.15, 0.2) is 9.84 Å². The van der Waals surface area contributed by atoms with Gasteiger partial charge in [0, 0.05) is 12.6 Å². The lowest BCUT2D eigenvalue weighted by Crippen LogP contribution is -2.46. The van der Waals surface area contributed by atoms with E-state index in [-0.39, 0.29) is 24.5 Å². The number of carbonyl (C=O) groups excluding carboxylic acids is 1. The van der Waals surface area contributed by atoms with Crippen LogP contribution in [0.1, 0.15) is 17.5 Å². The van der Waals surface area contributed by atoms with Crippen molar-refractivity contribution in [1.29, 1.82) is 0 Å². The number of carbonyl (C=O) groups is 1. The van der Waals surface area contributed by atoms with E-state index in [0.717, 1.165) is 21.7 Å². The maximum atomic E-state index is 12.1. The van der Waals surface area contributed by atoms with Crippen LogP contribution in [-0.4, -0.2) is 57.4 Å². The van der Waals surface area contributed by atoms with Crippen LogP contribution in [0, 0.1) is 6.92 Å². The van der Waals surface area contributed by atoms with Gasteiger partial charge in [0.25, 0.3) is 0 Å². The third kappa shape index (κ3) is 5.29. The summed E-state index contributed by atoms with van der Waals surface area (Å²) in [7, 11) is -6.91. The molecule has 0 radical (unpaired) electrons. The zero-order valence-electron chi connectivity index (χ0n) is 13.7. The van der Waals surface area contributed by atoms with Gasteiger partial charge in [0.1, 0.15) is 0 Å². The van der Waals surface area contributed by atoms with Gasteiger partial charge in [-0.2, -0.15) is 4.31 Å². The molecule has 1 unspecified atom stereocenters. The highest BCUT2D eigenvalue weighted by Gasteiger charge is 2.37. The highest BCUT2D eigenvalue weighted by Crippen LogP contribution is 2.19. The van der Waals surface area contributed by atoms with Crippen LogP contribution in [0.2, 0.25) is 0 Å². The van der Waals surface area contributed by atoms with Crippen LogP contribution >= 0.6 is 0 Å². The second-order valence-electron chi connectivity index (χ2n) is 6.13. The van der Waals surface area contributed by atoms with Gasteiger partial charge in [-0.25, -0.2) is 16.8 Å². The zero-order chi connectivity index (χ0) is 18.0. The lowest BCUT2D eigenvalue weighted by molar-refractivity contribution is -0.121. The summed E-state index contributed by atoms with van der Waals surface area (Å²) in [5.74, 6) is -0.731. The van der Waals surface area contributed by atoms with Crippen LogP contribution in [0.5, 0.6) is 0 Å². The smallest absolute Gasteiger partial charge is 0.235 e. The predicted molar refractivity (Wildman–Crippen MR) is 91.6 cm³/mol. The normalized spacial score (nSPS) is 20.2. The largest absolute Gasteiger partial charge is 0.351 e. The van der Waals surface area contributed by atoms with Gasteiger partial charge in [-0.15, -0.1) is 0 Å². The Hall–Kier alpha value is -1.45. The summed E-state index contributed by atoms with van der Waals surface area (Å²) >= 11 is 0. The van der Waals surface area contributed by atoms with E-state index in [2.05, 4.69) is 5.32 Å². The zero-order valence-corrected chi connectivity index (χ0v) is 15.4. The van der Waals surface area contributed by atoms with Gasteiger partial charge in [-0.3, -0.25) is 4.79 Å². The summed E-state index contributed by atoms with van der Waals surface area (Å²) in [6.07, 6.45) is 1.21. The molecule has 0 spiro atoms. The molecule has 134 valence electrons. The van der Waals surface area contributed by atoms with E-state index in [4.69, 9.17) is 0 Å². The Morgan fingerprint density at radius 2 is 1.92 bits per heavy atom. The number of hydrogen-bond donors (Lipinski definition) is 1. The van der Waals surface area contributed by atoms with E-state index in [1.807, 2.05) is 31.2 Å². The summed E-state index contributed by atoms with van der Waals surface area (Å²) in [4.78, 5) is 12.1. The molecule has 1 atom stereocenters. The van der Waals surface area contributed by atoms with Crippen molar-refractivity contribution in [3.05, 3.63) is 35.4 Å². The predicted octanol–water partition coefficient (Wildman–Crippen LogP) is 0.0599. The van der Waals surface area contributed by atoms with Crippen molar-refractivity contribution in [2.45, 2.75) is 25.9 Å². The van der Waals surface area contributed by atoms with Crippen LogP contribution in [0.15, 0.2) is 24.3 Å². The standard InChI is InChI=1S/C15H22N2O5S2/c1-12-3-5-13(6-4-12)9-16-15(18)10-17(23(2,19)20)14-7-8-24(21,22)11-14/h3-6,14H,7-11H2,1-2H3,(H,16,18). The molecule has 0 aromatic heterocycles.